The fourth-order valence-corrected chi connectivity index (χ4v) is 3.32. The number of alkyl halides is 2. The van der Waals surface area contributed by atoms with Gasteiger partial charge in [0.05, 0.1) is 11.3 Å². The predicted octanol–water partition coefficient (Wildman–Crippen LogP) is 6.04. The fourth-order valence-electron chi connectivity index (χ4n) is 3.32. The number of hydrogen-bond acceptors (Lipinski definition) is 6. The molecular formula is C26H21F2NO5. The second-order valence-electron chi connectivity index (χ2n) is 7.40. The van der Waals surface area contributed by atoms with Crippen LogP contribution in [0.15, 0.2) is 83.5 Å². The first kappa shape index (κ1) is 23.0. The van der Waals surface area contributed by atoms with Crippen molar-refractivity contribution in [3.05, 3.63) is 95.9 Å². The number of phenolic OH excluding ortho intramolecular Hbond substituents is 1. The lowest BCUT2D eigenvalue weighted by molar-refractivity contribution is -0.0515. The van der Waals surface area contributed by atoms with Crippen LogP contribution in [0.25, 0.3) is 11.5 Å². The standard InChI is InChI=1S/C26H21F2NO5/c27-26(28)34-23-13-10-18(14-24(23)32-15-17-6-2-1-3-7-17)25-29-19(16-33-25)11-12-22(31)20-8-4-5-9-21(20)30/h1-10,13-14,16,26,30H,11-12,15H2. The van der Waals surface area contributed by atoms with Gasteiger partial charge >= 0.3 is 6.61 Å². The molecule has 4 rings (SSSR count). The van der Waals surface area contributed by atoms with Crippen molar-refractivity contribution >= 4 is 5.78 Å². The van der Waals surface area contributed by atoms with Crippen LogP contribution >= 0.6 is 0 Å². The molecule has 1 aromatic heterocycles. The molecule has 0 radical (unpaired) electrons. The summed E-state index contributed by atoms with van der Waals surface area (Å²) in [5.41, 5.74) is 2.16. The van der Waals surface area contributed by atoms with E-state index in [0.717, 1.165) is 5.56 Å². The molecule has 0 amide bonds. The second kappa shape index (κ2) is 10.6. The van der Waals surface area contributed by atoms with Crippen LogP contribution in [-0.2, 0) is 13.0 Å². The Balaban J connectivity index is 1.48. The summed E-state index contributed by atoms with van der Waals surface area (Å²) in [4.78, 5) is 16.8. The number of carbonyl (C=O) groups excluding carboxylic acids is 1. The van der Waals surface area contributed by atoms with E-state index < -0.39 is 6.61 Å². The number of para-hydroxylation sites is 1. The number of aryl methyl sites for hydroxylation is 1. The molecule has 0 saturated carbocycles. The fraction of sp³-hybridized carbons (Fsp3) is 0.154. The van der Waals surface area contributed by atoms with E-state index >= 15 is 0 Å². The maximum absolute atomic E-state index is 12.8. The molecule has 4 aromatic rings. The molecule has 0 unspecified atom stereocenters. The molecule has 0 spiro atoms. The molecule has 0 aliphatic carbocycles. The predicted molar refractivity (Wildman–Crippen MR) is 120 cm³/mol. The van der Waals surface area contributed by atoms with Gasteiger partial charge in [-0.1, -0.05) is 42.5 Å². The van der Waals surface area contributed by atoms with Gasteiger partial charge in [0.15, 0.2) is 17.3 Å². The maximum Gasteiger partial charge on any atom is 0.387 e. The van der Waals surface area contributed by atoms with Gasteiger partial charge in [-0.25, -0.2) is 4.98 Å². The van der Waals surface area contributed by atoms with Gasteiger partial charge in [0.1, 0.15) is 18.6 Å². The molecule has 3 aromatic carbocycles. The quantitative estimate of drug-likeness (QED) is 0.288. The van der Waals surface area contributed by atoms with E-state index in [0.29, 0.717) is 17.7 Å². The van der Waals surface area contributed by atoms with E-state index in [4.69, 9.17) is 9.15 Å². The highest BCUT2D eigenvalue weighted by atomic mass is 19.3. The van der Waals surface area contributed by atoms with Crippen molar-refractivity contribution in [2.24, 2.45) is 0 Å². The Kier molecular flexibility index (Phi) is 7.17. The number of aromatic nitrogens is 1. The first-order valence-electron chi connectivity index (χ1n) is 10.5. The normalized spacial score (nSPS) is 10.9. The van der Waals surface area contributed by atoms with Crippen molar-refractivity contribution in [3.8, 4) is 28.7 Å². The number of ether oxygens (including phenoxy) is 2. The Bertz CT molecular complexity index is 1260. The molecular weight excluding hydrogens is 444 g/mol. The highest BCUT2D eigenvalue weighted by molar-refractivity contribution is 5.98. The number of rotatable bonds is 10. The van der Waals surface area contributed by atoms with Crippen LogP contribution in [0.1, 0.15) is 28.0 Å². The summed E-state index contributed by atoms with van der Waals surface area (Å²) in [5.74, 6) is -0.0146. The molecule has 0 fully saturated rings. The van der Waals surface area contributed by atoms with E-state index in [-0.39, 0.29) is 47.5 Å². The number of ketones is 1. The lowest BCUT2D eigenvalue weighted by Gasteiger charge is -2.13. The summed E-state index contributed by atoms with van der Waals surface area (Å²) in [7, 11) is 0. The molecule has 8 heteroatoms. The monoisotopic (exact) mass is 465 g/mol. The number of hydrogen-bond donors (Lipinski definition) is 1. The number of benzene rings is 3. The SMILES string of the molecule is O=C(CCc1coc(-c2ccc(OC(F)F)c(OCc3ccccc3)c2)n1)c1ccccc1O. The lowest BCUT2D eigenvalue weighted by Crippen LogP contribution is -2.05. The highest BCUT2D eigenvalue weighted by Crippen LogP contribution is 2.34. The zero-order valence-electron chi connectivity index (χ0n) is 18.0. The van der Waals surface area contributed by atoms with Crippen molar-refractivity contribution < 1.29 is 32.6 Å². The summed E-state index contributed by atoms with van der Waals surface area (Å²) < 4.78 is 41.5. The van der Waals surface area contributed by atoms with E-state index in [1.54, 1.807) is 18.2 Å². The molecule has 1 heterocycles. The van der Waals surface area contributed by atoms with E-state index in [1.165, 1.54) is 30.5 Å². The summed E-state index contributed by atoms with van der Waals surface area (Å²) in [6, 6.07) is 20.0. The van der Waals surface area contributed by atoms with Crippen molar-refractivity contribution in [2.45, 2.75) is 26.1 Å². The molecule has 0 bridgehead atoms. The highest BCUT2D eigenvalue weighted by Gasteiger charge is 2.16. The Labute approximate surface area is 194 Å². The van der Waals surface area contributed by atoms with Gasteiger partial charge in [0.25, 0.3) is 0 Å². The number of halogens is 2. The lowest BCUT2D eigenvalue weighted by atomic mass is 10.0. The first-order valence-corrected chi connectivity index (χ1v) is 10.5. The third-order valence-electron chi connectivity index (χ3n) is 5.01. The van der Waals surface area contributed by atoms with Crippen LogP contribution < -0.4 is 9.47 Å². The van der Waals surface area contributed by atoms with E-state index in [9.17, 15) is 18.7 Å². The van der Waals surface area contributed by atoms with Crippen LogP contribution in [0, 0.1) is 0 Å². The van der Waals surface area contributed by atoms with Gasteiger partial charge in [-0.05, 0) is 35.9 Å². The van der Waals surface area contributed by atoms with E-state index in [2.05, 4.69) is 9.72 Å². The Morgan fingerprint density at radius 2 is 1.76 bits per heavy atom. The minimum absolute atomic E-state index is 0.0671. The van der Waals surface area contributed by atoms with Crippen LogP contribution in [0.3, 0.4) is 0 Å². The second-order valence-corrected chi connectivity index (χ2v) is 7.40. The minimum atomic E-state index is -3.00. The first-order chi connectivity index (χ1) is 16.5. The molecule has 1 N–H and O–H groups in total. The summed E-state index contributed by atoms with van der Waals surface area (Å²) in [6.07, 6.45) is 1.87. The van der Waals surface area contributed by atoms with Crippen molar-refractivity contribution in [1.82, 2.24) is 4.98 Å². The van der Waals surface area contributed by atoms with Gasteiger partial charge in [0, 0.05) is 18.4 Å². The maximum atomic E-state index is 12.8. The molecule has 0 saturated heterocycles. The Hall–Kier alpha value is -4.20. The number of nitrogens with zero attached hydrogens (tertiary/aromatic N) is 1. The molecule has 174 valence electrons. The Morgan fingerprint density at radius 1 is 1.00 bits per heavy atom. The van der Waals surface area contributed by atoms with Crippen molar-refractivity contribution in [1.29, 1.82) is 0 Å². The number of oxazole rings is 1. The molecule has 0 atom stereocenters. The number of Topliss-reactive ketones (excluding diaryl/α,β-unsaturated/α-hetero) is 1. The minimum Gasteiger partial charge on any atom is -0.507 e. The average molecular weight is 465 g/mol. The van der Waals surface area contributed by atoms with Gasteiger partial charge in [-0.15, -0.1) is 0 Å². The molecule has 34 heavy (non-hydrogen) atoms. The largest absolute Gasteiger partial charge is 0.507 e. The topological polar surface area (TPSA) is 81.8 Å². The van der Waals surface area contributed by atoms with Crippen LogP contribution in [-0.4, -0.2) is 22.5 Å². The van der Waals surface area contributed by atoms with Crippen molar-refractivity contribution in [3.63, 3.8) is 0 Å². The van der Waals surface area contributed by atoms with Gasteiger partial charge in [0.2, 0.25) is 5.89 Å². The summed E-state index contributed by atoms with van der Waals surface area (Å²) in [5, 5.41) is 9.83. The number of aromatic hydroxyl groups is 1. The summed E-state index contributed by atoms with van der Waals surface area (Å²) in [6.45, 7) is -2.84. The van der Waals surface area contributed by atoms with Crippen LogP contribution in [0.5, 0.6) is 17.2 Å². The van der Waals surface area contributed by atoms with Gasteiger partial charge in [-0.2, -0.15) is 8.78 Å². The zero-order valence-corrected chi connectivity index (χ0v) is 18.0. The smallest absolute Gasteiger partial charge is 0.387 e. The Morgan fingerprint density at radius 3 is 2.53 bits per heavy atom. The van der Waals surface area contributed by atoms with Gasteiger partial charge in [-0.3, -0.25) is 4.79 Å². The third kappa shape index (κ3) is 5.78. The van der Waals surface area contributed by atoms with Gasteiger partial charge < -0.3 is 19.0 Å². The third-order valence-corrected chi connectivity index (χ3v) is 5.01. The average Bonchev–Trinajstić information content (AvgIpc) is 3.31. The molecule has 0 aliphatic rings. The number of carbonyl (C=O) groups is 1. The summed E-state index contributed by atoms with van der Waals surface area (Å²) >= 11 is 0. The van der Waals surface area contributed by atoms with Crippen LogP contribution in [0.4, 0.5) is 8.78 Å². The number of phenols is 1. The molecule has 0 aliphatic heterocycles. The zero-order chi connectivity index (χ0) is 23.9. The molecule has 6 nitrogen and oxygen atoms in total. The van der Waals surface area contributed by atoms with E-state index in [1.807, 2.05) is 30.3 Å². The van der Waals surface area contributed by atoms with Crippen molar-refractivity contribution in [2.75, 3.05) is 0 Å². The van der Waals surface area contributed by atoms with Crippen LogP contribution in [0.2, 0.25) is 0 Å².